The molecule has 0 aromatic carbocycles. The summed E-state index contributed by atoms with van der Waals surface area (Å²) in [5.41, 5.74) is 3.92. The van der Waals surface area contributed by atoms with Gasteiger partial charge in [-0.15, -0.1) is 0 Å². The van der Waals surface area contributed by atoms with Crippen LogP contribution in [-0.2, 0) is 6.42 Å². The molecule has 2 aromatic heterocycles. The van der Waals surface area contributed by atoms with Gasteiger partial charge in [-0.25, -0.2) is 4.39 Å². The highest BCUT2D eigenvalue weighted by molar-refractivity contribution is 9.10. The molecule has 0 radical (unpaired) electrons. The van der Waals surface area contributed by atoms with Gasteiger partial charge in [0.15, 0.2) is 0 Å². The van der Waals surface area contributed by atoms with Crippen molar-refractivity contribution >= 4 is 15.9 Å². The first-order valence-electron chi connectivity index (χ1n) is 5.36. The first kappa shape index (κ1) is 13.1. The Labute approximate surface area is 113 Å². The maximum Gasteiger partial charge on any atom is 0.146 e. The fourth-order valence-corrected chi connectivity index (χ4v) is 1.90. The highest BCUT2D eigenvalue weighted by atomic mass is 79.9. The van der Waals surface area contributed by atoms with Crippen LogP contribution in [0.2, 0.25) is 0 Å². The summed E-state index contributed by atoms with van der Waals surface area (Å²) in [6.45, 7) is 0. The number of aromatic nitrogens is 2. The first-order chi connectivity index (χ1) is 8.70. The van der Waals surface area contributed by atoms with Crippen LogP contribution in [0.4, 0.5) is 4.39 Å². The predicted octanol–water partition coefficient (Wildman–Crippen LogP) is 2.13. The fourth-order valence-electron chi connectivity index (χ4n) is 1.66. The van der Waals surface area contributed by atoms with E-state index in [0.717, 1.165) is 10.2 Å². The van der Waals surface area contributed by atoms with E-state index in [1.165, 1.54) is 12.4 Å². The summed E-state index contributed by atoms with van der Waals surface area (Å²) in [4.78, 5) is 7.96. The average molecular weight is 311 g/mol. The largest absolute Gasteiger partial charge is 0.271 e. The van der Waals surface area contributed by atoms with E-state index in [4.69, 9.17) is 5.84 Å². The Hall–Kier alpha value is -1.37. The summed E-state index contributed by atoms with van der Waals surface area (Å²) in [5, 5.41) is 0. The molecule has 18 heavy (non-hydrogen) atoms. The Bertz CT molecular complexity index is 518. The molecule has 1 unspecified atom stereocenters. The zero-order valence-electron chi connectivity index (χ0n) is 9.48. The molecule has 94 valence electrons. The van der Waals surface area contributed by atoms with Crippen LogP contribution in [0.3, 0.4) is 0 Å². The lowest BCUT2D eigenvalue weighted by Gasteiger charge is -2.16. The zero-order valence-corrected chi connectivity index (χ0v) is 11.1. The molecule has 0 fully saturated rings. The standard InChI is InChI=1S/C12H12BrFN4/c13-8-1-2-9(17-6-8)5-12(18-15)10-3-4-16-7-11(10)14/h1-4,6-7,12,18H,5,15H2. The molecule has 0 amide bonds. The molecule has 0 spiro atoms. The van der Waals surface area contributed by atoms with Crippen molar-refractivity contribution in [3.05, 3.63) is 58.3 Å². The fraction of sp³-hybridized carbons (Fsp3) is 0.167. The van der Waals surface area contributed by atoms with Gasteiger partial charge < -0.3 is 0 Å². The minimum absolute atomic E-state index is 0.332. The minimum Gasteiger partial charge on any atom is -0.271 e. The van der Waals surface area contributed by atoms with Gasteiger partial charge in [-0.3, -0.25) is 21.2 Å². The van der Waals surface area contributed by atoms with Gasteiger partial charge in [-0.2, -0.15) is 0 Å². The summed E-state index contributed by atoms with van der Waals surface area (Å²) in [7, 11) is 0. The average Bonchev–Trinajstić information content (AvgIpc) is 2.39. The Morgan fingerprint density at radius 1 is 1.33 bits per heavy atom. The van der Waals surface area contributed by atoms with E-state index in [-0.39, 0.29) is 11.9 Å². The van der Waals surface area contributed by atoms with Crippen LogP contribution in [0, 0.1) is 5.82 Å². The van der Waals surface area contributed by atoms with Crippen molar-refractivity contribution in [1.82, 2.24) is 15.4 Å². The van der Waals surface area contributed by atoms with Crippen LogP contribution in [-0.4, -0.2) is 9.97 Å². The molecule has 2 heterocycles. The molecule has 4 nitrogen and oxygen atoms in total. The van der Waals surface area contributed by atoms with Crippen LogP contribution in [0.5, 0.6) is 0 Å². The molecule has 2 rings (SSSR count). The van der Waals surface area contributed by atoms with Gasteiger partial charge in [0.2, 0.25) is 0 Å². The minimum atomic E-state index is -0.377. The van der Waals surface area contributed by atoms with Crippen LogP contribution < -0.4 is 11.3 Å². The molecule has 0 saturated carbocycles. The van der Waals surface area contributed by atoms with Gasteiger partial charge in [-0.1, -0.05) is 0 Å². The smallest absolute Gasteiger partial charge is 0.146 e. The summed E-state index contributed by atoms with van der Waals surface area (Å²) >= 11 is 3.31. The van der Waals surface area contributed by atoms with Crippen molar-refractivity contribution in [3.8, 4) is 0 Å². The second kappa shape index (κ2) is 5.99. The Morgan fingerprint density at radius 2 is 2.17 bits per heavy atom. The molecule has 3 N–H and O–H groups in total. The number of nitrogens with zero attached hydrogens (tertiary/aromatic N) is 2. The quantitative estimate of drug-likeness (QED) is 0.671. The molecule has 0 saturated heterocycles. The first-order valence-corrected chi connectivity index (χ1v) is 6.16. The van der Waals surface area contributed by atoms with Crippen LogP contribution >= 0.6 is 15.9 Å². The summed E-state index contributed by atoms with van der Waals surface area (Å²) < 4.78 is 14.5. The summed E-state index contributed by atoms with van der Waals surface area (Å²) in [6.07, 6.45) is 4.92. The molecule has 1 atom stereocenters. The number of nitrogens with one attached hydrogen (secondary N) is 1. The lowest BCUT2D eigenvalue weighted by atomic mass is 10.0. The van der Waals surface area contributed by atoms with E-state index in [1.54, 1.807) is 12.3 Å². The Kier molecular flexibility index (Phi) is 4.35. The predicted molar refractivity (Wildman–Crippen MR) is 69.9 cm³/mol. The Balaban J connectivity index is 2.20. The second-order valence-electron chi connectivity index (χ2n) is 3.79. The van der Waals surface area contributed by atoms with Gasteiger partial charge in [0, 0.05) is 34.5 Å². The third kappa shape index (κ3) is 3.10. The van der Waals surface area contributed by atoms with Gasteiger partial charge in [0.05, 0.1) is 12.2 Å². The highest BCUT2D eigenvalue weighted by Crippen LogP contribution is 2.19. The third-order valence-electron chi connectivity index (χ3n) is 2.58. The summed E-state index contributed by atoms with van der Waals surface area (Å²) in [6, 6.07) is 5.03. The van der Waals surface area contributed by atoms with Crippen molar-refractivity contribution in [2.24, 2.45) is 5.84 Å². The highest BCUT2D eigenvalue weighted by Gasteiger charge is 2.15. The van der Waals surface area contributed by atoms with E-state index < -0.39 is 0 Å². The van der Waals surface area contributed by atoms with Crippen molar-refractivity contribution in [1.29, 1.82) is 0 Å². The van der Waals surface area contributed by atoms with Gasteiger partial charge in [-0.05, 0) is 34.1 Å². The van der Waals surface area contributed by atoms with Gasteiger partial charge in [0.25, 0.3) is 0 Å². The topological polar surface area (TPSA) is 63.8 Å². The number of nitrogens with two attached hydrogens (primary N) is 1. The SMILES string of the molecule is NNC(Cc1ccc(Br)cn1)c1ccncc1F. The van der Waals surface area contributed by atoms with Crippen LogP contribution in [0.15, 0.2) is 41.3 Å². The maximum absolute atomic E-state index is 13.6. The lowest BCUT2D eigenvalue weighted by Crippen LogP contribution is -2.30. The Morgan fingerprint density at radius 3 is 2.78 bits per heavy atom. The van der Waals surface area contributed by atoms with Crippen LogP contribution in [0.1, 0.15) is 17.3 Å². The van der Waals surface area contributed by atoms with E-state index in [9.17, 15) is 4.39 Å². The molecule has 0 aliphatic heterocycles. The van der Waals surface area contributed by atoms with Gasteiger partial charge in [0.1, 0.15) is 5.82 Å². The molecule has 0 aliphatic carbocycles. The van der Waals surface area contributed by atoms with Crippen molar-refractivity contribution in [2.75, 3.05) is 0 Å². The number of halogens is 2. The van der Waals surface area contributed by atoms with E-state index >= 15 is 0 Å². The van der Waals surface area contributed by atoms with Crippen molar-refractivity contribution in [3.63, 3.8) is 0 Å². The number of pyridine rings is 2. The molecule has 6 heteroatoms. The summed E-state index contributed by atoms with van der Waals surface area (Å²) in [5.74, 6) is 5.10. The van der Waals surface area contributed by atoms with Crippen molar-refractivity contribution in [2.45, 2.75) is 12.5 Å². The number of hydrogen-bond donors (Lipinski definition) is 2. The van der Waals surface area contributed by atoms with Crippen molar-refractivity contribution < 1.29 is 4.39 Å². The monoisotopic (exact) mass is 310 g/mol. The maximum atomic E-state index is 13.6. The number of hydrazine groups is 1. The van der Waals surface area contributed by atoms with E-state index in [2.05, 4.69) is 31.3 Å². The third-order valence-corrected chi connectivity index (χ3v) is 3.05. The number of hydrogen-bond acceptors (Lipinski definition) is 4. The molecular weight excluding hydrogens is 299 g/mol. The molecule has 2 aromatic rings. The normalized spacial score (nSPS) is 12.4. The second-order valence-corrected chi connectivity index (χ2v) is 4.70. The van der Waals surface area contributed by atoms with Gasteiger partial charge >= 0.3 is 0 Å². The van der Waals surface area contributed by atoms with E-state index in [1.807, 2.05) is 12.1 Å². The molecule has 0 aliphatic rings. The lowest BCUT2D eigenvalue weighted by molar-refractivity contribution is 0.504. The number of rotatable bonds is 4. The van der Waals surface area contributed by atoms with E-state index in [0.29, 0.717) is 12.0 Å². The van der Waals surface area contributed by atoms with Crippen LogP contribution in [0.25, 0.3) is 0 Å². The zero-order chi connectivity index (χ0) is 13.0. The molecule has 0 bridgehead atoms. The molecular formula is C12H12BrFN4.